The van der Waals surface area contributed by atoms with Gasteiger partial charge in [-0.1, -0.05) is 39.3 Å². The quantitative estimate of drug-likeness (QED) is 0.498. The molecule has 0 saturated carbocycles. The summed E-state index contributed by atoms with van der Waals surface area (Å²) in [6.45, 7) is 27.1. The summed E-state index contributed by atoms with van der Waals surface area (Å²) >= 11 is 0. The molecule has 0 rings (SSSR count). The summed E-state index contributed by atoms with van der Waals surface area (Å²) in [7, 11) is -5.13. The average molecular weight is 365 g/mol. The third kappa shape index (κ3) is 13.0. The maximum absolute atomic E-state index is 6.42. The van der Waals surface area contributed by atoms with E-state index in [2.05, 4.69) is 72.4 Å². The van der Waals surface area contributed by atoms with E-state index in [-0.39, 0.29) is 6.10 Å². The minimum absolute atomic E-state index is 0.247. The summed E-state index contributed by atoms with van der Waals surface area (Å²) in [5, 5.41) is 0. The summed E-state index contributed by atoms with van der Waals surface area (Å²) in [6, 6.07) is 0. The maximum Gasteiger partial charge on any atom is 0.184 e. The standard InChI is InChI=1S/C15H40O2Si4/c1-15(17-21(10,11)14-19(5,6)7)12-16-20(8,9)13-18(2,3)4/h15H,12-14H2,1-11H3. The third-order valence-electron chi connectivity index (χ3n) is 3.14. The summed E-state index contributed by atoms with van der Waals surface area (Å²) in [5.41, 5.74) is 2.67. The van der Waals surface area contributed by atoms with Crippen molar-refractivity contribution >= 4 is 32.8 Å². The average Bonchev–Trinajstić information content (AvgIpc) is 2.05. The first-order valence-electron chi connectivity index (χ1n) is 8.33. The Balaban J connectivity index is 4.35. The first kappa shape index (κ1) is 21.8. The van der Waals surface area contributed by atoms with E-state index in [0.29, 0.717) is 0 Å². The van der Waals surface area contributed by atoms with Crippen LogP contribution in [0.3, 0.4) is 0 Å². The first-order chi connectivity index (χ1) is 9.02. The van der Waals surface area contributed by atoms with Crippen LogP contribution in [0, 0.1) is 0 Å². The Labute approximate surface area is 138 Å². The van der Waals surface area contributed by atoms with E-state index in [1.807, 2.05) is 0 Å². The second kappa shape index (κ2) is 7.57. The van der Waals surface area contributed by atoms with Crippen molar-refractivity contribution in [1.82, 2.24) is 0 Å². The van der Waals surface area contributed by atoms with Crippen LogP contribution in [0.15, 0.2) is 0 Å². The second-order valence-corrected chi connectivity index (χ2v) is 30.9. The molecule has 0 aliphatic carbocycles. The van der Waals surface area contributed by atoms with Crippen molar-refractivity contribution < 1.29 is 8.85 Å². The smallest absolute Gasteiger partial charge is 0.184 e. The maximum atomic E-state index is 6.42. The van der Waals surface area contributed by atoms with Gasteiger partial charge in [0.1, 0.15) is 0 Å². The van der Waals surface area contributed by atoms with Crippen molar-refractivity contribution in [3.05, 3.63) is 0 Å². The third-order valence-corrected chi connectivity index (χ3v) is 20.4. The van der Waals surface area contributed by atoms with Crippen molar-refractivity contribution in [2.75, 3.05) is 6.61 Å². The molecule has 0 bridgehead atoms. The van der Waals surface area contributed by atoms with E-state index in [0.717, 1.165) is 6.61 Å². The van der Waals surface area contributed by atoms with Gasteiger partial charge in [-0.2, -0.15) is 0 Å². The highest BCUT2D eigenvalue weighted by Gasteiger charge is 2.34. The monoisotopic (exact) mass is 364 g/mol. The van der Waals surface area contributed by atoms with Gasteiger partial charge in [0.25, 0.3) is 0 Å². The highest BCUT2D eigenvalue weighted by atomic mass is 28.4. The largest absolute Gasteiger partial charge is 0.415 e. The zero-order valence-corrected chi connectivity index (χ0v) is 20.5. The molecule has 0 aliphatic rings. The minimum atomic E-state index is -1.54. The highest BCUT2D eigenvalue weighted by Crippen LogP contribution is 2.24. The van der Waals surface area contributed by atoms with Gasteiger partial charge in [-0.3, -0.25) is 0 Å². The summed E-state index contributed by atoms with van der Waals surface area (Å²) in [4.78, 5) is 0. The van der Waals surface area contributed by atoms with Crippen LogP contribution < -0.4 is 0 Å². The van der Waals surface area contributed by atoms with Gasteiger partial charge in [0.15, 0.2) is 16.6 Å². The molecule has 128 valence electrons. The molecule has 0 fully saturated rings. The second-order valence-electron chi connectivity index (χ2n) is 10.2. The van der Waals surface area contributed by atoms with Crippen LogP contribution in [0.1, 0.15) is 6.92 Å². The van der Waals surface area contributed by atoms with Gasteiger partial charge in [-0.05, 0) is 44.4 Å². The van der Waals surface area contributed by atoms with Crippen LogP contribution >= 0.6 is 0 Å². The van der Waals surface area contributed by atoms with Crippen LogP contribution in [0.25, 0.3) is 0 Å². The molecule has 0 spiro atoms. The van der Waals surface area contributed by atoms with Crippen LogP contribution in [0.5, 0.6) is 0 Å². The molecule has 0 aromatic heterocycles. The van der Waals surface area contributed by atoms with E-state index in [1.54, 1.807) is 0 Å². The molecule has 0 N–H and O–H groups in total. The zero-order valence-electron chi connectivity index (χ0n) is 16.5. The van der Waals surface area contributed by atoms with Gasteiger partial charge in [0.2, 0.25) is 0 Å². The Kier molecular flexibility index (Phi) is 7.86. The Morgan fingerprint density at radius 1 is 0.667 bits per heavy atom. The van der Waals surface area contributed by atoms with Gasteiger partial charge in [-0.15, -0.1) is 0 Å². The van der Waals surface area contributed by atoms with Crippen molar-refractivity contribution in [1.29, 1.82) is 0 Å². The molecule has 0 radical (unpaired) electrons. The lowest BCUT2D eigenvalue weighted by atomic mass is 10.5. The Hall–Kier alpha value is 0.788. The molecule has 2 nitrogen and oxygen atoms in total. The van der Waals surface area contributed by atoms with E-state index in [4.69, 9.17) is 8.85 Å². The molecule has 0 aromatic carbocycles. The first-order valence-corrected chi connectivity index (χ1v) is 22.0. The number of hydrogen-bond donors (Lipinski definition) is 0. The van der Waals surface area contributed by atoms with E-state index >= 15 is 0 Å². The topological polar surface area (TPSA) is 18.5 Å². The molecule has 0 aromatic rings. The SMILES string of the molecule is CC(CO[Si](C)(C)C[Si](C)(C)C)O[Si](C)(C)C[Si](C)(C)C. The molecule has 1 atom stereocenters. The predicted molar refractivity (Wildman–Crippen MR) is 108 cm³/mol. The van der Waals surface area contributed by atoms with E-state index in [9.17, 15) is 0 Å². The van der Waals surface area contributed by atoms with Gasteiger partial charge < -0.3 is 8.85 Å². The van der Waals surface area contributed by atoms with Gasteiger partial charge >= 0.3 is 0 Å². The van der Waals surface area contributed by atoms with Crippen molar-refractivity contribution in [3.8, 4) is 0 Å². The van der Waals surface area contributed by atoms with Gasteiger partial charge in [0, 0.05) is 16.1 Å². The van der Waals surface area contributed by atoms with Crippen LogP contribution in [0.4, 0.5) is 0 Å². The fraction of sp³-hybridized carbons (Fsp3) is 1.00. The van der Waals surface area contributed by atoms with Crippen LogP contribution in [-0.2, 0) is 8.85 Å². The lowest BCUT2D eigenvalue weighted by Gasteiger charge is -2.34. The summed E-state index contributed by atoms with van der Waals surface area (Å²) < 4.78 is 12.7. The molecule has 0 amide bonds. The molecule has 21 heavy (non-hydrogen) atoms. The molecule has 6 heteroatoms. The Morgan fingerprint density at radius 3 is 1.43 bits per heavy atom. The lowest BCUT2D eigenvalue weighted by molar-refractivity contribution is 0.132. The number of hydrogen-bond acceptors (Lipinski definition) is 2. The van der Waals surface area contributed by atoms with Crippen LogP contribution in [0.2, 0.25) is 76.8 Å². The molecular weight excluding hydrogens is 325 g/mol. The fourth-order valence-corrected chi connectivity index (χ4v) is 26.6. The van der Waals surface area contributed by atoms with E-state index in [1.165, 1.54) is 11.3 Å². The molecular formula is C15H40O2Si4. The normalized spacial score (nSPS) is 16.1. The zero-order chi connectivity index (χ0) is 17.1. The van der Waals surface area contributed by atoms with E-state index < -0.39 is 32.8 Å². The highest BCUT2D eigenvalue weighted by molar-refractivity contribution is 6.92. The minimum Gasteiger partial charge on any atom is -0.415 e. The number of rotatable bonds is 9. The van der Waals surface area contributed by atoms with Gasteiger partial charge in [0.05, 0.1) is 12.7 Å². The fourth-order valence-electron chi connectivity index (χ4n) is 3.57. The summed E-state index contributed by atoms with van der Waals surface area (Å²) in [5.74, 6) is 0. The van der Waals surface area contributed by atoms with Crippen LogP contribution in [-0.4, -0.2) is 45.5 Å². The van der Waals surface area contributed by atoms with Crippen molar-refractivity contribution in [2.45, 2.75) is 89.8 Å². The molecule has 0 saturated heterocycles. The molecule has 0 aliphatic heterocycles. The molecule has 0 heterocycles. The van der Waals surface area contributed by atoms with Crippen molar-refractivity contribution in [3.63, 3.8) is 0 Å². The van der Waals surface area contributed by atoms with Crippen molar-refractivity contribution in [2.24, 2.45) is 0 Å². The molecule has 1 unspecified atom stereocenters. The van der Waals surface area contributed by atoms with Gasteiger partial charge in [-0.25, -0.2) is 0 Å². The predicted octanol–water partition coefficient (Wildman–Crippen LogP) is 5.57. The Bertz CT molecular complexity index is 317. The Morgan fingerprint density at radius 2 is 1.05 bits per heavy atom. The lowest BCUT2D eigenvalue weighted by Crippen LogP contribution is -2.45. The summed E-state index contributed by atoms with van der Waals surface area (Å²) in [6.07, 6.45) is 0.247.